The minimum atomic E-state index is 1.00. The van der Waals surface area contributed by atoms with Crippen LogP contribution in [0.3, 0.4) is 0 Å². The molecule has 0 saturated carbocycles. The fourth-order valence-electron chi connectivity index (χ4n) is 1.67. The first kappa shape index (κ1) is 13.8. The predicted molar refractivity (Wildman–Crippen MR) is 62.4 cm³/mol. The molecule has 0 aromatic rings. The summed E-state index contributed by atoms with van der Waals surface area (Å²) in [5.74, 6) is 0. The van der Waals surface area contributed by atoms with Crippen LogP contribution in [0.25, 0.3) is 0 Å². The predicted octanol–water partition coefficient (Wildman–Crippen LogP) is 4.49. The van der Waals surface area contributed by atoms with Crippen molar-refractivity contribution in [3.8, 4) is 0 Å². The third-order valence-corrected chi connectivity index (χ3v) is 3.50. The molecule has 0 saturated heterocycles. The second-order valence-corrected chi connectivity index (χ2v) is 5.37. The van der Waals surface area contributed by atoms with Crippen LogP contribution in [0.15, 0.2) is 0 Å². The summed E-state index contributed by atoms with van der Waals surface area (Å²) in [7, 11) is 0. The Balaban J connectivity index is 3.03. The van der Waals surface area contributed by atoms with Gasteiger partial charge in [-0.25, -0.2) is 0 Å². The van der Waals surface area contributed by atoms with E-state index in [-0.39, 0.29) is 0 Å². The third-order valence-electron chi connectivity index (χ3n) is 2.68. The van der Waals surface area contributed by atoms with Gasteiger partial charge in [-0.1, -0.05) is 71.6 Å². The molecular formula is C12H25Mg. The van der Waals surface area contributed by atoms with Gasteiger partial charge in [0, 0.05) is 0 Å². The Labute approximate surface area is 97.3 Å². The number of unbranched alkanes of at least 4 members (excludes halogenated alkanes) is 5. The molecule has 1 atom stereocenters. The molecule has 0 nitrogen and oxygen atoms in total. The monoisotopic (exact) mass is 193 g/mol. The fourth-order valence-corrected chi connectivity index (χ4v) is 2.25. The van der Waals surface area contributed by atoms with Gasteiger partial charge in [0.15, 0.2) is 0 Å². The molecule has 0 heterocycles. The zero-order chi connectivity index (χ0) is 9.94. The zero-order valence-corrected chi connectivity index (χ0v) is 11.1. The van der Waals surface area contributed by atoms with E-state index in [1.807, 2.05) is 0 Å². The van der Waals surface area contributed by atoms with Crippen molar-refractivity contribution in [1.82, 2.24) is 0 Å². The minimum Gasteiger partial charge on any atom is -0.166 e. The second kappa shape index (κ2) is 10.8. The smallest absolute Gasteiger partial charge is 0.166 e. The van der Waals surface area contributed by atoms with E-state index in [1.54, 1.807) is 0 Å². The second-order valence-electron chi connectivity index (χ2n) is 4.21. The van der Waals surface area contributed by atoms with Gasteiger partial charge in [0.05, 0.1) is 0 Å². The first-order valence-corrected chi connectivity index (χ1v) is 6.96. The molecule has 1 heteroatoms. The molecule has 0 aliphatic carbocycles. The molecule has 1 unspecified atom stereocenters. The highest BCUT2D eigenvalue weighted by atomic mass is 24.4. The Bertz CT molecular complexity index is 91.1. The highest BCUT2D eigenvalue weighted by Gasteiger charge is 1.98. The molecule has 0 rings (SSSR count). The van der Waals surface area contributed by atoms with Crippen LogP contribution < -0.4 is 0 Å². The van der Waals surface area contributed by atoms with Crippen molar-refractivity contribution in [3.63, 3.8) is 0 Å². The van der Waals surface area contributed by atoms with Gasteiger partial charge in [0.2, 0.25) is 21.7 Å². The van der Waals surface area contributed by atoms with Crippen LogP contribution in [0.5, 0.6) is 0 Å². The first-order chi connectivity index (χ1) is 6.31. The largest absolute Gasteiger partial charge is 0.227 e. The van der Waals surface area contributed by atoms with Crippen molar-refractivity contribution in [1.29, 1.82) is 0 Å². The Hall–Kier alpha value is 0.766. The number of hydrogen-bond acceptors (Lipinski definition) is 0. The van der Waals surface area contributed by atoms with Crippen LogP contribution in [0.4, 0.5) is 0 Å². The van der Waals surface area contributed by atoms with Crippen LogP contribution in [0, 0.1) is 0 Å². The average molecular weight is 194 g/mol. The fraction of sp³-hybridized carbons (Fsp3) is 1.00. The summed E-state index contributed by atoms with van der Waals surface area (Å²) in [6.07, 6.45) is 12.9. The van der Waals surface area contributed by atoms with Gasteiger partial charge in [0.1, 0.15) is 0 Å². The molecule has 0 fully saturated rings. The maximum absolute atomic E-state index is 2.29. The Morgan fingerprint density at radius 3 is 1.92 bits per heavy atom. The van der Waals surface area contributed by atoms with Gasteiger partial charge >= 0.3 is 0 Å². The lowest BCUT2D eigenvalue weighted by Crippen LogP contribution is -1.92. The average Bonchev–Trinajstić information content (AvgIpc) is 2.14. The van der Waals surface area contributed by atoms with Crippen LogP contribution in [0.2, 0.25) is 4.05 Å². The van der Waals surface area contributed by atoms with Gasteiger partial charge in [0.25, 0.3) is 0 Å². The molecule has 0 N–H and O–H groups in total. The van der Waals surface area contributed by atoms with E-state index in [0.29, 0.717) is 0 Å². The van der Waals surface area contributed by atoms with Gasteiger partial charge in [-0.05, 0) is 0 Å². The normalized spacial score (nSPS) is 13.0. The van der Waals surface area contributed by atoms with Gasteiger partial charge in [-0.3, -0.25) is 0 Å². The van der Waals surface area contributed by atoms with Gasteiger partial charge < -0.3 is 0 Å². The molecule has 0 aromatic heterocycles. The third kappa shape index (κ3) is 10.7. The summed E-state index contributed by atoms with van der Waals surface area (Å²) < 4.78 is 1.00. The van der Waals surface area contributed by atoms with E-state index >= 15 is 0 Å². The first-order valence-electron chi connectivity index (χ1n) is 6.14. The molecule has 0 aliphatic rings. The summed E-state index contributed by atoms with van der Waals surface area (Å²) in [5.41, 5.74) is 0. The number of rotatable bonds is 9. The summed E-state index contributed by atoms with van der Waals surface area (Å²) >= 11 is 2.21. The van der Waals surface area contributed by atoms with Crippen molar-refractivity contribution in [2.75, 3.05) is 0 Å². The quantitative estimate of drug-likeness (QED) is 0.374. The standard InChI is InChI=1S/C12H25.Mg/c1-3-5-7-9-11-12-10-8-6-4-2;/h9H,3-8,10-12H2,1-2H3;. The molecule has 0 aromatic carbocycles. The molecule has 1 radical (unpaired) electrons. The molecule has 0 bridgehead atoms. The maximum Gasteiger partial charge on any atom is 0.227 e. The summed E-state index contributed by atoms with van der Waals surface area (Å²) in [6, 6.07) is 0. The van der Waals surface area contributed by atoms with Crippen molar-refractivity contribution in [2.24, 2.45) is 0 Å². The minimum absolute atomic E-state index is 1.00. The van der Waals surface area contributed by atoms with Crippen LogP contribution in [-0.2, 0) is 0 Å². The lowest BCUT2D eigenvalue weighted by atomic mass is 10.1. The molecule has 0 spiro atoms. The Morgan fingerprint density at radius 2 is 1.31 bits per heavy atom. The van der Waals surface area contributed by atoms with E-state index in [9.17, 15) is 0 Å². The van der Waals surface area contributed by atoms with Crippen molar-refractivity contribution >= 4 is 21.7 Å². The van der Waals surface area contributed by atoms with E-state index in [0.717, 1.165) is 4.05 Å². The van der Waals surface area contributed by atoms with Crippen molar-refractivity contribution in [2.45, 2.75) is 75.7 Å². The Morgan fingerprint density at radius 1 is 0.769 bits per heavy atom. The highest BCUT2D eigenvalue weighted by molar-refractivity contribution is 6.11. The van der Waals surface area contributed by atoms with Crippen LogP contribution in [0.1, 0.15) is 71.6 Å². The molecule has 0 amide bonds. The Kier molecular flexibility index (Phi) is 11.5. The van der Waals surface area contributed by atoms with Crippen LogP contribution >= 0.6 is 0 Å². The van der Waals surface area contributed by atoms with Crippen molar-refractivity contribution in [3.05, 3.63) is 0 Å². The van der Waals surface area contributed by atoms with E-state index in [2.05, 4.69) is 35.6 Å². The molecular weight excluding hydrogens is 168 g/mol. The van der Waals surface area contributed by atoms with E-state index < -0.39 is 0 Å². The summed E-state index contributed by atoms with van der Waals surface area (Å²) in [6.45, 7) is 4.57. The SMILES string of the molecule is CCCCCCC[CH]([Mg])CCCC. The number of hydrogen-bond donors (Lipinski definition) is 0. The van der Waals surface area contributed by atoms with Gasteiger partial charge in [-0.15, -0.1) is 0 Å². The topological polar surface area (TPSA) is 0 Å². The molecule has 0 aliphatic heterocycles. The van der Waals surface area contributed by atoms with Gasteiger partial charge in [-0.2, -0.15) is 4.05 Å². The van der Waals surface area contributed by atoms with Crippen molar-refractivity contribution < 1.29 is 0 Å². The maximum atomic E-state index is 2.29. The highest BCUT2D eigenvalue weighted by Crippen LogP contribution is 2.19. The lowest BCUT2D eigenvalue weighted by molar-refractivity contribution is 0.562. The zero-order valence-electron chi connectivity index (χ0n) is 9.65. The summed E-state index contributed by atoms with van der Waals surface area (Å²) in [5, 5.41) is 0. The van der Waals surface area contributed by atoms with E-state index in [1.165, 1.54) is 57.8 Å². The molecule has 75 valence electrons. The molecule has 13 heavy (non-hydrogen) atoms. The van der Waals surface area contributed by atoms with E-state index in [4.69, 9.17) is 0 Å². The summed E-state index contributed by atoms with van der Waals surface area (Å²) in [4.78, 5) is 0. The lowest BCUT2D eigenvalue weighted by Gasteiger charge is -2.12. The van der Waals surface area contributed by atoms with Crippen LogP contribution in [-0.4, -0.2) is 21.7 Å².